The average molecular weight is 505 g/mol. The molecule has 1 saturated heterocycles. The summed E-state index contributed by atoms with van der Waals surface area (Å²) in [6, 6.07) is 23.4. The van der Waals surface area contributed by atoms with E-state index in [9.17, 15) is 13.2 Å². The van der Waals surface area contributed by atoms with E-state index >= 15 is 0 Å². The fourth-order valence-electron chi connectivity index (χ4n) is 5.85. The molecule has 3 aromatic rings. The Morgan fingerprint density at radius 2 is 1.47 bits per heavy atom. The molecule has 5 rings (SSSR count). The van der Waals surface area contributed by atoms with Gasteiger partial charge in [0.05, 0.1) is 4.90 Å². The molecular weight excluding hydrogens is 468 g/mol. The molecule has 1 aliphatic carbocycles. The van der Waals surface area contributed by atoms with Gasteiger partial charge in [0.25, 0.3) is 0 Å². The van der Waals surface area contributed by atoms with Crippen LogP contribution in [0.2, 0.25) is 0 Å². The molecule has 0 N–H and O–H groups in total. The van der Waals surface area contributed by atoms with Gasteiger partial charge in [0, 0.05) is 37.5 Å². The number of hydrogen-bond acceptors (Lipinski definition) is 3. The van der Waals surface area contributed by atoms with Crippen LogP contribution in [0.1, 0.15) is 50.5 Å². The minimum atomic E-state index is -3.57. The van der Waals surface area contributed by atoms with Crippen LogP contribution in [-0.4, -0.2) is 43.2 Å². The summed E-state index contributed by atoms with van der Waals surface area (Å²) in [5.41, 5.74) is 1.15. The maximum atomic E-state index is 13.5. The molecule has 1 aliphatic heterocycles. The molecule has 1 heterocycles. The zero-order valence-corrected chi connectivity index (χ0v) is 21.7. The molecule has 1 amide bonds. The smallest absolute Gasteiger partial charge is 0.243 e. The van der Waals surface area contributed by atoms with Crippen LogP contribution in [0.15, 0.2) is 77.7 Å². The lowest BCUT2D eigenvalue weighted by atomic mass is 9.87. The van der Waals surface area contributed by atoms with Gasteiger partial charge in [-0.3, -0.25) is 4.79 Å². The van der Waals surface area contributed by atoms with E-state index in [0.717, 1.165) is 54.9 Å². The summed E-state index contributed by atoms with van der Waals surface area (Å²) in [7, 11) is -3.57. The largest absolute Gasteiger partial charge is 0.338 e. The zero-order chi connectivity index (χ0) is 25.0. The van der Waals surface area contributed by atoms with Crippen molar-refractivity contribution in [1.29, 1.82) is 0 Å². The highest BCUT2D eigenvalue weighted by Crippen LogP contribution is 2.31. The second-order valence-corrected chi connectivity index (χ2v) is 12.3. The number of piperidine rings is 1. The molecule has 5 nitrogen and oxygen atoms in total. The van der Waals surface area contributed by atoms with E-state index in [0.29, 0.717) is 37.0 Å². The summed E-state index contributed by atoms with van der Waals surface area (Å²) in [6.07, 6.45) is 7.03. The van der Waals surface area contributed by atoms with Gasteiger partial charge in [-0.2, -0.15) is 4.31 Å². The Kier molecular flexibility index (Phi) is 7.73. The van der Waals surface area contributed by atoms with Gasteiger partial charge < -0.3 is 4.90 Å². The second-order valence-electron chi connectivity index (χ2n) is 10.4. The Labute approximate surface area is 215 Å². The first-order valence-corrected chi connectivity index (χ1v) is 14.8. The van der Waals surface area contributed by atoms with E-state index in [-0.39, 0.29) is 11.8 Å². The van der Waals surface area contributed by atoms with Gasteiger partial charge in [0.1, 0.15) is 0 Å². The van der Waals surface area contributed by atoms with Crippen LogP contribution < -0.4 is 0 Å². The van der Waals surface area contributed by atoms with Crippen molar-refractivity contribution in [1.82, 2.24) is 9.21 Å². The third-order valence-corrected chi connectivity index (χ3v) is 9.86. The van der Waals surface area contributed by atoms with Crippen LogP contribution in [-0.2, 0) is 21.4 Å². The molecule has 3 aromatic carbocycles. The molecule has 2 aliphatic rings. The fourth-order valence-corrected chi connectivity index (χ4v) is 7.53. The summed E-state index contributed by atoms with van der Waals surface area (Å²) < 4.78 is 28.7. The third kappa shape index (κ3) is 5.50. The summed E-state index contributed by atoms with van der Waals surface area (Å²) in [6.45, 7) is 2.32. The molecule has 0 aromatic heterocycles. The number of amides is 1. The highest BCUT2D eigenvalue weighted by molar-refractivity contribution is 7.89. The van der Waals surface area contributed by atoms with Crippen molar-refractivity contribution in [2.75, 3.05) is 19.6 Å². The summed E-state index contributed by atoms with van der Waals surface area (Å²) in [4.78, 5) is 16.0. The number of carbonyl (C=O) groups is 1. The lowest BCUT2D eigenvalue weighted by Crippen LogP contribution is -2.44. The SMILES string of the molecule is O=C(C1CCCCC1)N(Cc1ccccc1)CC1CCN(S(=O)(=O)c2cccc3ccccc23)CC1. The molecule has 1 saturated carbocycles. The molecule has 6 heteroatoms. The monoisotopic (exact) mass is 504 g/mol. The molecule has 190 valence electrons. The Bertz CT molecular complexity index is 1270. The van der Waals surface area contributed by atoms with Gasteiger partial charge in [-0.15, -0.1) is 0 Å². The lowest BCUT2D eigenvalue weighted by Gasteiger charge is -2.36. The van der Waals surface area contributed by atoms with Crippen LogP contribution in [0.4, 0.5) is 0 Å². The first-order chi connectivity index (χ1) is 17.5. The number of benzene rings is 3. The Balaban J connectivity index is 1.27. The van der Waals surface area contributed by atoms with Crippen molar-refractivity contribution in [3.05, 3.63) is 78.4 Å². The Morgan fingerprint density at radius 1 is 0.806 bits per heavy atom. The van der Waals surface area contributed by atoms with Gasteiger partial charge in [0.2, 0.25) is 15.9 Å². The molecule has 0 unspecified atom stereocenters. The normalized spacial score (nSPS) is 18.3. The second kappa shape index (κ2) is 11.1. The number of hydrogen-bond donors (Lipinski definition) is 0. The molecule has 0 radical (unpaired) electrons. The maximum absolute atomic E-state index is 13.5. The number of fused-ring (bicyclic) bond motifs is 1. The predicted octanol–water partition coefficient (Wildman–Crippen LogP) is 5.85. The molecule has 0 spiro atoms. The van der Waals surface area contributed by atoms with E-state index in [1.54, 1.807) is 10.4 Å². The molecule has 0 atom stereocenters. The van der Waals surface area contributed by atoms with Crippen molar-refractivity contribution in [3.8, 4) is 0 Å². The van der Waals surface area contributed by atoms with Gasteiger partial charge in [-0.05, 0) is 48.6 Å². The van der Waals surface area contributed by atoms with Gasteiger partial charge >= 0.3 is 0 Å². The maximum Gasteiger partial charge on any atom is 0.243 e. The van der Waals surface area contributed by atoms with Crippen molar-refractivity contribution in [2.45, 2.75) is 56.4 Å². The number of rotatable bonds is 7. The quantitative estimate of drug-likeness (QED) is 0.406. The van der Waals surface area contributed by atoms with Crippen LogP contribution in [0.3, 0.4) is 0 Å². The lowest BCUT2D eigenvalue weighted by molar-refractivity contribution is -0.138. The van der Waals surface area contributed by atoms with E-state index in [4.69, 9.17) is 0 Å². The van der Waals surface area contributed by atoms with Gasteiger partial charge in [-0.1, -0.05) is 86.0 Å². The van der Waals surface area contributed by atoms with Crippen molar-refractivity contribution in [2.24, 2.45) is 11.8 Å². The standard InChI is InChI=1S/C30H36N2O3S/c33-30(27-13-5-2-6-14-27)31(22-24-10-3-1-4-11-24)23-25-18-20-32(21-19-25)36(34,35)29-17-9-15-26-12-7-8-16-28(26)29/h1,3-4,7-12,15-17,25,27H,2,5-6,13-14,18-23H2. The Hall–Kier alpha value is -2.70. The highest BCUT2D eigenvalue weighted by Gasteiger charge is 2.33. The minimum absolute atomic E-state index is 0.134. The third-order valence-electron chi connectivity index (χ3n) is 7.90. The van der Waals surface area contributed by atoms with Crippen LogP contribution in [0.5, 0.6) is 0 Å². The predicted molar refractivity (Wildman–Crippen MR) is 144 cm³/mol. The van der Waals surface area contributed by atoms with Crippen molar-refractivity contribution >= 4 is 26.7 Å². The highest BCUT2D eigenvalue weighted by atomic mass is 32.2. The first kappa shape index (κ1) is 25.0. The number of carbonyl (C=O) groups excluding carboxylic acids is 1. The van der Waals surface area contributed by atoms with Gasteiger partial charge in [0.15, 0.2) is 0 Å². The van der Waals surface area contributed by atoms with E-state index < -0.39 is 10.0 Å². The molecule has 36 heavy (non-hydrogen) atoms. The topological polar surface area (TPSA) is 57.7 Å². The Morgan fingerprint density at radius 3 is 2.22 bits per heavy atom. The molecule has 0 bridgehead atoms. The van der Waals surface area contributed by atoms with E-state index in [2.05, 4.69) is 17.0 Å². The van der Waals surface area contributed by atoms with Crippen LogP contribution in [0.25, 0.3) is 10.8 Å². The van der Waals surface area contributed by atoms with Crippen LogP contribution in [0, 0.1) is 11.8 Å². The van der Waals surface area contributed by atoms with E-state index in [1.165, 1.54) is 6.42 Å². The van der Waals surface area contributed by atoms with Crippen molar-refractivity contribution < 1.29 is 13.2 Å². The molecular formula is C30H36N2O3S. The summed E-state index contributed by atoms with van der Waals surface area (Å²) >= 11 is 0. The van der Waals surface area contributed by atoms with Crippen molar-refractivity contribution in [3.63, 3.8) is 0 Å². The molecule has 2 fully saturated rings. The minimum Gasteiger partial charge on any atom is -0.338 e. The summed E-state index contributed by atoms with van der Waals surface area (Å²) in [5, 5.41) is 1.71. The summed E-state index contributed by atoms with van der Waals surface area (Å²) in [5.74, 6) is 0.721. The van der Waals surface area contributed by atoms with Gasteiger partial charge in [-0.25, -0.2) is 8.42 Å². The number of sulfonamides is 1. The number of nitrogens with zero attached hydrogens (tertiary/aromatic N) is 2. The van der Waals surface area contributed by atoms with Crippen LogP contribution >= 0.6 is 0 Å². The first-order valence-electron chi connectivity index (χ1n) is 13.3. The zero-order valence-electron chi connectivity index (χ0n) is 20.9. The van der Waals surface area contributed by atoms with E-state index in [1.807, 2.05) is 54.6 Å². The fraction of sp³-hybridized carbons (Fsp3) is 0.433. The average Bonchev–Trinajstić information content (AvgIpc) is 2.93.